The maximum Gasteiger partial charge on any atom is 0.283 e. The average molecular weight is 357 g/mol. The predicted molar refractivity (Wildman–Crippen MR) is 97.8 cm³/mol. The van der Waals surface area contributed by atoms with Crippen molar-refractivity contribution in [1.82, 2.24) is 0 Å². The van der Waals surface area contributed by atoms with Crippen molar-refractivity contribution in [2.24, 2.45) is 0 Å². The second-order valence-corrected chi connectivity index (χ2v) is 5.93. The molecule has 0 unspecified atom stereocenters. The number of benzene rings is 2. The maximum atomic E-state index is 12.7. The minimum Gasteiger partial charge on any atom is -0.494 e. The van der Waals surface area contributed by atoms with Crippen LogP contribution < -0.4 is 15.0 Å². The SMILES string of the molecule is CCOc1ccc(N2C(=O)C(Cl)=C(Nc3cccc(C)c3)C2=O)cc1. The summed E-state index contributed by atoms with van der Waals surface area (Å²) in [5.74, 6) is -0.367. The van der Waals surface area contributed by atoms with E-state index in [1.54, 1.807) is 24.3 Å². The Bertz CT molecular complexity index is 859. The molecule has 0 aromatic heterocycles. The van der Waals surface area contributed by atoms with Crippen molar-refractivity contribution < 1.29 is 14.3 Å². The van der Waals surface area contributed by atoms with Crippen molar-refractivity contribution in [3.8, 4) is 5.75 Å². The molecule has 2 amide bonds. The van der Waals surface area contributed by atoms with Crippen LogP contribution in [0.25, 0.3) is 0 Å². The molecule has 1 N–H and O–H groups in total. The number of hydrogen-bond acceptors (Lipinski definition) is 4. The van der Waals surface area contributed by atoms with Gasteiger partial charge < -0.3 is 10.1 Å². The molecule has 0 radical (unpaired) electrons. The van der Waals surface area contributed by atoms with Crippen LogP contribution in [0.2, 0.25) is 0 Å². The fourth-order valence-electron chi connectivity index (χ4n) is 2.57. The van der Waals surface area contributed by atoms with Gasteiger partial charge in [-0.05, 0) is 55.8 Å². The molecule has 5 nitrogen and oxygen atoms in total. The molecule has 0 spiro atoms. The van der Waals surface area contributed by atoms with Crippen LogP contribution in [0, 0.1) is 6.92 Å². The second kappa shape index (κ2) is 6.99. The zero-order valence-corrected chi connectivity index (χ0v) is 14.6. The van der Waals surface area contributed by atoms with Crippen LogP contribution in [-0.2, 0) is 9.59 Å². The van der Waals surface area contributed by atoms with Crippen molar-refractivity contribution >= 4 is 34.8 Å². The van der Waals surface area contributed by atoms with E-state index in [9.17, 15) is 9.59 Å². The third-order valence-corrected chi connectivity index (χ3v) is 4.07. The molecule has 1 heterocycles. The molecule has 2 aromatic rings. The molecular formula is C19H17ClN2O3. The quantitative estimate of drug-likeness (QED) is 0.827. The minimum absolute atomic E-state index is 0.0751. The third kappa shape index (κ3) is 3.37. The zero-order valence-electron chi connectivity index (χ0n) is 13.9. The molecule has 3 rings (SSSR count). The first kappa shape index (κ1) is 17.0. The highest BCUT2D eigenvalue weighted by molar-refractivity contribution is 6.53. The van der Waals surface area contributed by atoms with Gasteiger partial charge in [0.1, 0.15) is 16.5 Å². The van der Waals surface area contributed by atoms with E-state index in [-0.39, 0.29) is 10.7 Å². The van der Waals surface area contributed by atoms with Crippen LogP contribution in [0.15, 0.2) is 59.3 Å². The van der Waals surface area contributed by atoms with Gasteiger partial charge in [0.05, 0.1) is 12.3 Å². The molecule has 0 saturated carbocycles. The number of carbonyl (C=O) groups is 2. The Labute approximate surface area is 150 Å². The second-order valence-electron chi connectivity index (χ2n) is 5.56. The van der Waals surface area contributed by atoms with E-state index in [4.69, 9.17) is 16.3 Å². The van der Waals surface area contributed by atoms with E-state index in [0.717, 1.165) is 10.5 Å². The average Bonchev–Trinajstić information content (AvgIpc) is 2.80. The smallest absolute Gasteiger partial charge is 0.283 e. The number of nitrogens with one attached hydrogen (secondary N) is 1. The van der Waals surface area contributed by atoms with Gasteiger partial charge in [0, 0.05) is 5.69 Å². The van der Waals surface area contributed by atoms with Gasteiger partial charge in [0.15, 0.2) is 0 Å². The summed E-state index contributed by atoms with van der Waals surface area (Å²) in [7, 11) is 0. The van der Waals surface area contributed by atoms with Crippen molar-refractivity contribution in [1.29, 1.82) is 0 Å². The lowest BCUT2D eigenvalue weighted by Gasteiger charge is -2.15. The molecule has 6 heteroatoms. The largest absolute Gasteiger partial charge is 0.494 e. The van der Waals surface area contributed by atoms with Crippen LogP contribution in [0.4, 0.5) is 11.4 Å². The van der Waals surface area contributed by atoms with E-state index >= 15 is 0 Å². The minimum atomic E-state index is -0.550. The lowest BCUT2D eigenvalue weighted by atomic mass is 10.2. The topological polar surface area (TPSA) is 58.6 Å². The first-order chi connectivity index (χ1) is 12.0. The highest BCUT2D eigenvalue weighted by Gasteiger charge is 2.38. The lowest BCUT2D eigenvalue weighted by Crippen LogP contribution is -2.32. The van der Waals surface area contributed by atoms with Crippen molar-refractivity contribution in [2.45, 2.75) is 13.8 Å². The molecule has 0 bridgehead atoms. The lowest BCUT2D eigenvalue weighted by molar-refractivity contribution is -0.120. The first-order valence-electron chi connectivity index (χ1n) is 7.86. The third-order valence-electron chi connectivity index (χ3n) is 3.72. The fraction of sp³-hybridized carbons (Fsp3) is 0.158. The Morgan fingerprint density at radius 2 is 1.80 bits per heavy atom. The van der Waals surface area contributed by atoms with Gasteiger partial charge in [-0.15, -0.1) is 0 Å². The van der Waals surface area contributed by atoms with E-state index in [1.807, 2.05) is 38.1 Å². The van der Waals surface area contributed by atoms with Gasteiger partial charge in [-0.25, -0.2) is 4.90 Å². The molecule has 0 saturated heterocycles. The van der Waals surface area contributed by atoms with E-state index in [1.165, 1.54) is 0 Å². The van der Waals surface area contributed by atoms with Crippen molar-refractivity contribution in [2.75, 3.05) is 16.8 Å². The molecule has 1 aliphatic heterocycles. The van der Waals surface area contributed by atoms with Crippen LogP contribution in [0.1, 0.15) is 12.5 Å². The molecule has 0 fully saturated rings. The first-order valence-corrected chi connectivity index (χ1v) is 8.24. The Kier molecular flexibility index (Phi) is 4.76. The van der Waals surface area contributed by atoms with E-state index in [2.05, 4.69) is 5.32 Å². The zero-order chi connectivity index (χ0) is 18.0. The summed E-state index contributed by atoms with van der Waals surface area (Å²) in [6.07, 6.45) is 0. The summed E-state index contributed by atoms with van der Waals surface area (Å²) in [5, 5.41) is 2.83. The summed E-state index contributed by atoms with van der Waals surface area (Å²) in [5.41, 5.74) is 2.24. The van der Waals surface area contributed by atoms with Crippen molar-refractivity contribution in [3.05, 3.63) is 64.8 Å². The predicted octanol–water partition coefficient (Wildman–Crippen LogP) is 3.83. The van der Waals surface area contributed by atoms with E-state index < -0.39 is 11.8 Å². The number of imide groups is 1. The Balaban J connectivity index is 1.85. The van der Waals surface area contributed by atoms with Gasteiger partial charge in [-0.1, -0.05) is 23.7 Å². The fourth-order valence-corrected chi connectivity index (χ4v) is 2.78. The highest BCUT2D eigenvalue weighted by atomic mass is 35.5. The summed E-state index contributed by atoms with van der Waals surface area (Å²) in [4.78, 5) is 26.2. The molecular weight excluding hydrogens is 340 g/mol. The van der Waals surface area contributed by atoms with E-state index in [0.29, 0.717) is 23.7 Å². The molecule has 2 aromatic carbocycles. The summed E-state index contributed by atoms with van der Waals surface area (Å²) in [6, 6.07) is 14.2. The molecule has 128 valence electrons. The highest BCUT2D eigenvalue weighted by Crippen LogP contribution is 2.31. The van der Waals surface area contributed by atoms with Gasteiger partial charge in [-0.3, -0.25) is 9.59 Å². The van der Waals surface area contributed by atoms with Gasteiger partial charge >= 0.3 is 0 Å². The number of anilines is 2. The Hall–Kier alpha value is -2.79. The van der Waals surface area contributed by atoms with Crippen LogP contribution in [0.3, 0.4) is 0 Å². The summed E-state index contributed by atoms with van der Waals surface area (Å²) >= 11 is 6.12. The normalized spacial score (nSPS) is 14.3. The van der Waals surface area contributed by atoms with Gasteiger partial charge in [0.25, 0.3) is 11.8 Å². The molecule has 25 heavy (non-hydrogen) atoms. The number of halogens is 1. The van der Waals surface area contributed by atoms with Crippen molar-refractivity contribution in [3.63, 3.8) is 0 Å². The monoisotopic (exact) mass is 356 g/mol. The maximum absolute atomic E-state index is 12.7. The number of aryl methyl sites for hydroxylation is 1. The Morgan fingerprint density at radius 1 is 1.08 bits per heavy atom. The Morgan fingerprint density at radius 3 is 2.44 bits per heavy atom. The number of nitrogens with zero attached hydrogens (tertiary/aromatic N) is 1. The number of hydrogen-bond donors (Lipinski definition) is 1. The number of carbonyl (C=O) groups excluding carboxylic acids is 2. The molecule has 0 atom stereocenters. The standard InChI is InChI=1S/C19H17ClN2O3/c1-3-25-15-9-7-14(8-10-15)22-18(23)16(20)17(19(22)24)21-13-6-4-5-12(2)11-13/h4-11,21H,3H2,1-2H3. The van der Waals surface area contributed by atoms with Crippen LogP contribution in [-0.4, -0.2) is 18.4 Å². The number of amides is 2. The van der Waals surface area contributed by atoms with Crippen LogP contribution in [0.5, 0.6) is 5.75 Å². The molecule has 0 aliphatic carbocycles. The summed E-state index contributed by atoms with van der Waals surface area (Å²) < 4.78 is 5.37. The number of ether oxygens (including phenoxy) is 1. The van der Waals surface area contributed by atoms with Gasteiger partial charge in [-0.2, -0.15) is 0 Å². The van der Waals surface area contributed by atoms with Gasteiger partial charge in [0.2, 0.25) is 0 Å². The van der Waals surface area contributed by atoms with Crippen LogP contribution >= 0.6 is 11.6 Å². The summed E-state index contributed by atoms with van der Waals surface area (Å²) in [6.45, 7) is 4.36. The number of rotatable bonds is 5. The molecule has 1 aliphatic rings.